The number of Topliss-reactive ketones (excluding diaryl/α,β-unsaturated/α-hetero) is 1. The van der Waals surface area contributed by atoms with E-state index in [9.17, 15) is 35.1 Å². The molecule has 14 nitrogen and oxygen atoms in total. The summed E-state index contributed by atoms with van der Waals surface area (Å²) in [6.07, 6.45) is -7.49. The highest BCUT2D eigenvalue weighted by atomic mass is 16.7. The number of ketones is 1. The second-order valence-electron chi connectivity index (χ2n) is 17.7. The maximum Gasteiger partial charge on any atom is 0.311 e. The van der Waals surface area contributed by atoms with Gasteiger partial charge in [0.05, 0.1) is 47.6 Å². The molecule has 4 rings (SSSR count). The van der Waals surface area contributed by atoms with Crippen molar-refractivity contribution < 1.29 is 63.5 Å². The quantitative estimate of drug-likeness (QED) is 0.237. The molecule has 0 spiro atoms. The zero-order chi connectivity index (χ0) is 40.0. The van der Waals surface area contributed by atoms with Crippen LogP contribution < -0.4 is 0 Å². The summed E-state index contributed by atoms with van der Waals surface area (Å²) in [7, 11) is 5.20. The summed E-state index contributed by atoms with van der Waals surface area (Å²) < 4.78 is 37.5. The van der Waals surface area contributed by atoms with Gasteiger partial charge in [-0.05, 0) is 87.2 Å². The number of likely N-dealkylation sites (N-methyl/N-ethyl adjacent to an activating group) is 1. The number of carbonyl (C=O) groups is 2. The molecule has 0 aromatic heterocycles. The Morgan fingerprint density at radius 1 is 0.849 bits per heavy atom. The van der Waals surface area contributed by atoms with Crippen LogP contribution in [0.4, 0.5) is 0 Å². The fraction of sp³-hybridized carbons (Fsp3) is 0.949. The molecule has 0 amide bonds. The molecule has 18 atom stereocenters. The van der Waals surface area contributed by atoms with Crippen LogP contribution in [-0.2, 0) is 38.0 Å². The first-order valence-corrected chi connectivity index (χ1v) is 19.5. The molecule has 53 heavy (non-hydrogen) atoms. The highest BCUT2D eigenvalue weighted by Gasteiger charge is 2.55. The Labute approximate surface area is 315 Å². The van der Waals surface area contributed by atoms with Crippen molar-refractivity contribution in [1.29, 1.82) is 0 Å². The van der Waals surface area contributed by atoms with E-state index in [1.165, 1.54) is 27.9 Å². The van der Waals surface area contributed by atoms with Gasteiger partial charge in [0.15, 0.2) is 12.6 Å². The molecular weight excluding hydrogens is 690 g/mol. The predicted molar refractivity (Wildman–Crippen MR) is 193 cm³/mol. The third-order valence-electron chi connectivity index (χ3n) is 12.9. The molecule has 0 aromatic rings. The molecule has 0 radical (unpaired) electrons. The van der Waals surface area contributed by atoms with E-state index in [1.807, 2.05) is 25.9 Å². The topological polar surface area (TPSA) is 194 Å². The number of methoxy groups -OCH3 is 1. The second kappa shape index (κ2) is 17.1. The number of rotatable bonds is 7. The lowest BCUT2D eigenvalue weighted by Gasteiger charge is -2.49. The molecule has 0 bridgehead atoms. The van der Waals surface area contributed by atoms with Crippen molar-refractivity contribution in [2.24, 2.45) is 29.6 Å². The molecule has 14 heteroatoms. The first-order valence-electron chi connectivity index (χ1n) is 19.5. The van der Waals surface area contributed by atoms with Gasteiger partial charge in [-0.15, -0.1) is 0 Å². The van der Waals surface area contributed by atoms with E-state index in [-0.39, 0.29) is 30.9 Å². The second-order valence-corrected chi connectivity index (χ2v) is 17.7. The van der Waals surface area contributed by atoms with E-state index in [1.54, 1.807) is 34.6 Å². The third kappa shape index (κ3) is 9.30. The zero-order valence-corrected chi connectivity index (χ0v) is 33.9. The van der Waals surface area contributed by atoms with Crippen LogP contribution in [0.25, 0.3) is 0 Å². The van der Waals surface area contributed by atoms with E-state index in [0.717, 1.165) is 6.42 Å². The standard InChI is InChI=1S/C39H69NO13/c1-19-17-37(7,46)33(53-36-29(42)26(40(10)11)16-20(2)49-36)22(4)30(51-27-18-38(8,48-12)32(44)24(6)50-27)23(5)35(45)52-34(25-14-13-15-25)39(9,47)31(43)21(3)28(19)41/h19-27,29-34,36,42-44,46-47H,13-18H2,1-12H3/t19-,20-,21+,22+,23-,24+,26+,27+,29-,30+,31-,32+,33-,34-,36+,37-,38-,39+/m1/s1. The third-order valence-corrected chi connectivity index (χ3v) is 12.9. The number of aliphatic hydroxyl groups excluding tert-OH is 3. The van der Waals surface area contributed by atoms with Gasteiger partial charge >= 0.3 is 5.97 Å². The highest BCUT2D eigenvalue weighted by molar-refractivity contribution is 5.83. The average molecular weight is 760 g/mol. The minimum atomic E-state index is -1.97. The van der Waals surface area contributed by atoms with Crippen LogP contribution in [0.2, 0.25) is 0 Å². The summed E-state index contributed by atoms with van der Waals surface area (Å²) >= 11 is 0. The summed E-state index contributed by atoms with van der Waals surface area (Å²) in [6, 6.07) is -0.321. The van der Waals surface area contributed by atoms with Crippen LogP contribution in [0.15, 0.2) is 0 Å². The Morgan fingerprint density at radius 3 is 2.02 bits per heavy atom. The van der Waals surface area contributed by atoms with Crippen molar-refractivity contribution in [3.05, 3.63) is 0 Å². The van der Waals surface area contributed by atoms with Crippen LogP contribution in [-0.4, -0.2) is 148 Å². The Balaban J connectivity index is 1.83. The van der Waals surface area contributed by atoms with Crippen molar-refractivity contribution in [2.75, 3.05) is 21.2 Å². The number of esters is 1. The van der Waals surface area contributed by atoms with Gasteiger partial charge < -0.3 is 58.9 Å². The minimum absolute atomic E-state index is 0.101. The smallest absolute Gasteiger partial charge is 0.311 e. The first kappa shape index (κ1) is 44.4. The molecular formula is C39H69NO13. The summed E-state index contributed by atoms with van der Waals surface area (Å²) in [5.74, 6) is -5.11. The minimum Gasteiger partial charge on any atom is -0.459 e. The van der Waals surface area contributed by atoms with E-state index in [4.69, 9.17) is 28.4 Å². The van der Waals surface area contributed by atoms with E-state index in [2.05, 4.69) is 0 Å². The van der Waals surface area contributed by atoms with Crippen LogP contribution >= 0.6 is 0 Å². The van der Waals surface area contributed by atoms with Crippen LogP contribution in [0.5, 0.6) is 0 Å². The number of nitrogens with zero attached hydrogens (tertiary/aromatic N) is 1. The van der Waals surface area contributed by atoms with Gasteiger partial charge in [0.25, 0.3) is 0 Å². The summed E-state index contributed by atoms with van der Waals surface area (Å²) in [4.78, 5) is 30.2. The van der Waals surface area contributed by atoms with Crippen molar-refractivity contribution in [1.82, 2.24) is 4.90 Å². The molecule has 4 aliphatic rings. The zero-order valence-electron chi connectivity index (χ0n) is 33.9. The van der Waals surface area contributed by atoms with Gasteiger partial charge in [-0.2, -0.15) is 0 Å². The monoisotopic (exact) mass is 759 g/mol. The molecule has 3 saturated heterocycles. The van der Waals surface area contributed by atoms with Crippen LogP contribution in [0.3, 0.4) is 0 Å². The van der Waals surface area contributed by atoms with Gasteiger partial charge in [-0.25, -0.2) is 0 Å². The van der Waals surface area contributed by atoms with Crippen molar-refractivity contribution in [3.8, 4) is 0 Å². The number of ether oxygens (including phenoxy) is 6. The maximum absolute atomic E-state index is 14.4. The van der Waals surface area contributed by atoms with Crippen molar-refractivity contribution in [2.45, 2.75) is 185 Å². The molecule has 3 heterocycles. The van der Waals surface area contributed by atoms with Crippen LogP contribution in [0, 0.1) is 29.6 Å². The number of aliphatic hydroxyl groups is 5. The largest absolute Gasteiger partial charge is 0.459 e. The fourth-order valence-corrected chi connectivity index (χ4v) is 9.19. The SMILES string of the molecule is CO[C@]1(C)C[C@H](O[C@H]2[C@H](C)[C@@H](O[C@@H]3O[C@H](C)C[C@H](N(C)C)[C@H]3O)[C@](C)(O)C[C@@H](C)C(=O)[C@H](C)[C@@H](O)[C@](C)(O)[C@@H](C3CCC3)OC(=O)[C@@H]2C)O[C@@H](C)[C@@H]1O. The predicted octanol–water partition coefficient (Wildman–Crippen LogP) is 2.18. The van der Waals surface area contributed by atoms with Gasteiger partial charge in [0, 0.05) is 37.3 Å². The molecule has 1 saturated carbocycles. The summed E-state index contributed by atoms with van der Waals surface area (Å²) in [5.41, 5.74) is -4.81. The Kier molecular flexibility index (Phi) is 14.3. The Morgan fingerprint density at radius 2 is 1.47 bits per heavy atom. The molecule has 308 valence electrons. The summed E-state index contributed by atoms with van der Waals surface area (Å²) in [6.45, 7) is 14.8. The van der Waals surface area contributed by atoms with Crippen molar-refractivity contribution in [3.63, 3.8) is 0 Å². The average Bonchev–Trinajstić information content (AvgIpc) is 3.05. The van der Waals surface area contributed by atoms with Gasteiger partial charge in [-0.3, -0.25) is 9.59 Å². The Hall–Kier alpha value is -1.30. The van der Waals surface area contributed by atoms with E-state index >= 15 is 0 Å². The molecule has 5 N–H and O–H groups in total. The summed E-state index contributed by atoms with van der Waals surface area (Å²) in [5, 5.41) is 58.4. The molecule has 0 aromatic carbocycles. The van der Waals surface area contributed by atoms with Gasteiger partial charge in [-0.1, -0.05) is 27.2 Å². The molecule has 1 aliphatic carbocycles. The van der Waals surface area contributed by atoms with E-state index in [0.29, 0.717) is 19.3 Å². The lowest BCUT2D eigenvalue weighted by Crippen LogP contribution is -2.62. The number of carbonyl (C=O) groups excluding carboxylic acids is 2. The highest BCUT2D eigenvalue weighted by Crippen LogP contribution is 2.43. The van der Waals surface area contributed by atoms with Gasteiger partial charge in [0.1, 0.15) is 29.7 Å². The first-order chi connectivity index (χ1) is 24.5. The number of hydrogen-bond donors (Lipinski definition) is 5. The molecule has 0 unspecified atom stereocenters. The molecule has 3 aliphatic heterocycles. The fourth-order valence-electron chi connectivity index (χ4n) is 9.19. The Bertz CT molecular complexity index is 1240. The van der Waals surface area contributed by atoms with Crippen LogP contribution in [0.1, 0.15) is 101 Å². The normalized spacial score (nSPS) is 50.0. The number of cyclic esters (lactones) is 1. The number of hydrogen-bond acceptors (Lipinski definition) is 14. The lowest BCUT2D eigenvalue weighted by atomic mass is 9.69. The lowest BCUT2D eigenvalue weighted by molar-refractivity contribution is -0.318. The van der Waals surface area contributed by atoms with Gasteiger partial charge in [0.2, 0.25) is 0 Å². The maximum atomic E-state index is 14.4. The van der Waals surface area contributed by atoms with Crippen molar-refractivity contribution >= 4 is 11.8 Å². The van der Waals surface area contributed by atoms with E-state index < -0.39 is 108 Å². The molecule has 4 fully saturated rings.